The van der Waals surface area contributed by atoms with E-state index in [0.717, 1.165) is 20.0 Å². The third-order valence-corrected chi connectivity index (χ3v) is 3.47. The van der Waals surface area contributed by atoms with E-state index in [1.54, 1.807) is 0 Å². The molecule has 0 bridgehead atoms. The Morgan fingerprint density at radius 3 is 2.31 bits per heavy atom. The van der Waals surface area contributed by atoms with Crippen LogP contribution in [0.1, 0.15) is 11.1 Å². The number of hydrazine groups is 1. The number of benzene rings is 1. The van der Waals surface area contributed by atoms with E-state index < -0.39 is 10.3 Å². The van der Waals surface area contributed by atoms with Gasteiger partial charge >= 0.3 is 10.3 Å². The summed E-state index contributed by atoms with van der Waals surface area (Å²) in [6.07, 6.45) is 1.64. The fraction of sp³-hybridized carbons (Fsp3) is 0.400. The van der Waals surface area contributed by atoms with Gasteiger partial charge in [0.1, 0.15) is 0 Å². The molecule has 0 aliphatic heterocycles. The van der Waals surface area contributed by atoms with Crippen molar-refractivity contribution in [3.8, 4) is 0 Å². The number of hydrogen-bond donors (Lipinski definition) is 2. The second kappa shape index (κ2) is 4.50. The summed E-state index contributed by atoms with van der Waals surface area (Å²) in [5.41, 5.74) is 5.28. The van der Waals surface area contributed by atoms with Crippen molar-refractivity contribution < 1.29 is 12.6 Å². The first kappa shape index (κ1) is 11.5. The van der Waals surface area contributed by atoms with Gasteiger partial charge in [-0.15, -0.1) is 4.83 Å². The molecule has 0 spiro atoms. The minimum Gasteiger partial charge on any atom is -0.261 e. The molecule has 1 aliphatic carbocycles. The average molecular weight is 242 g/mol. The van der Waals surface area contributed by atoms with Gasteiger partial charge in [-0.1, -0.05) is 24.3 Å². The van der Waals surface area contributed by atoms with E-state index in [0.29, 0.717) is 0 Å². The van der Waals surface area contributed by atoms with Crippen molar-refractivity contribution in [3.05, 3.63) is 35.4 Å². The standard InChI is InChI=1S/C10H14N2O3S/c1-15-16(13,14)12-11-10-6-8-4-2-3-5-9(8)7-10/h2-5,10-12H,6-7H2,1H3. The molecule has 0 heterocycles. The zero-order valence-electron chi connectivity index (χ0n) is 8.93. The Kier molecular flexibility index (Phi) is 3.25. The highest BCUT2D eigenvalue weighted by Gasteiger charge is 2.21. The monoisotopic (exact) mass is 242 g/mol. The molecule has 0 radical (unpaired) electrons. The highest BCUT2D eigenvalue weighted by molar-refractivity contribution is 7.84. The lowest BCUT2D eigenvalue weighted by Crippen LogP contribution is -2.45. The maximum absolute atomic E-state index is 11.0. The first-order valence-corrected chi connectivity index (χ1v) is 6.41. The van der Waals surface area contributed by atoms with Gasteiger partial charge in [0.25, 0.3) is 0 Å². The molecule has 0 fully saturated rings. The summed E-state index contributed by atoms with van der Waals surface area (Å²) < 4.78 is 26.3. The van der Waals surface area contributed by atoms with Gasteiger partial charge in [-0.3, -0.25) is 4.18 Å². The van der Waals surface area contributed by atoms with Crippen LogP contribution in [0.3, 0.4) is 0 Å². The Bertz CT molecular complexity index is 448. The molecule has 0 unspecified atom stereocenters. The second-order valence-corrected chi connectivity index (χ2v) is 5.19. The van der Waals surface area contributed by atoms with Crippen LogP contribution in [0.15, 0.2) is 24.3 Å². The zero-order valence-corrected chi connectivity index (χ0v) is 9.75. The van der Waals surface area contributed by atoms with Crippen molar-refractivity contribution in [3.63, 3.8) is 0 Å². The lowest BCUT2D eigenvalue weighted by atomic mass is 10.1. The maximum atomic E-state index is 11.0. The normalized spacial score (nSPS) is 16.3. The minimum atomic E-state index is -3.66. The fourth-order valence-electron chi connectivity index (χ4n) is 1.86. The predicted octanol–water partition coefficient (Wildman–Crippen LogP) is 0.139. The molecule has 5 nitrogen and oxygen atoms in total. The Hall–Kier alpha value is -0.950. The summed E-state index contributed by atoms with van der Waals surface area (Å²) in [6, 6.07) is 8.17. The number of rotatable bonds is 4. The molecule has 1 aromatic rings. The van der Waals surface area contributed by atoms with Gasteiger partial charge in [-0.25, -0.2) is 5.43 Å². The summed E-state index contributed by atoms with van der Waals surface area (Å²) in [6.45, 7) is 0. The van der Waals surface area contributed by atoms with E-state index in [9.17, 15) is 8.42 Å². The van der Waals surface area contributed by atoms with Crippen LogP contribution < -0.4 is 10.3 Å². The van der Waals surface area contributed by atoms with Crippen LogP contribution >= 0.6 is 0 Å². The van der Waals surface area contributed by atoms with Crippen molar-refractivity contribution in [2.75, 3.05) is 7.11 Å². The maximum Gasteiger partial charge on any atom is 0.348 e. The SMILES string of the molecule is COS(=O)(=O)NNC1Cc2ccccc2C1. The molecule has 0 saturated carbocycles. The molecule has 2 N–H and O–H groups in total. The lowest BCUT2D eigenvalue weighted by molar-refractivity contribution is 0.369. The Balaban J connectivity index is 1.93. The Labute approximate surface area is 95.0 Å². The first-order valence-electron chi connectivity index (χ1n) is 5.00. The molecular formula is C10H14N2O3S. The summed E-state index contributed by atoms with van der Waals surface area (Å²) in [7, 11) is -2.54. The van der Waals surface area contributed by atoms with Gasteiger partial charge in [0.15, 0.2) is 0 Å². The quantitative estimate of drug-likeness (QED) is 0.737. The van der Waals surface area contributed by atoms with Crippen LogP contribution in [0.2, 0.25) is 0 Å². The topological polar surface area (TPSA) is 67.4 Å². The predicted molar refractivity (Wildman–Crippen MR) is 59.8 cm³/mol. The van der Waals surface area contributed by atoms with Gasteiger partial charge in [0.05, 0.1) is 7.11 Å². The number of nitrogens with one attached hydrogen (secondary N) is 2. The van der Waals surface area contributed by atoms with Gasteiger partial charge in [0, 0.05) is 6.04 Å². The highest BCUT2D eigenvalue weighted by Crippen LogP contribution is 2.21. The van der Waals surface area contributed by atoms with Crippen LogP contribution in [-0.2, 0) is 27.3 Å². The van der Waals surface area contributed by atoms with E-state index in [4.69, 9.17) is 0 Å². The van der Waals surface area contributed by atoms with Crippen molar-refractivity contribution in [1.29, 1.82) is 0 Å². The summed E-state index contributed by atoms with van der Waals surface area (Å²) in [4.78, 5) is 2.19. The average Bonchev–Trinajstić information content (AvgIpc) is 2.69. The lowest BCUT2D eigenvalue weighted by Gasteiger charge is -2.11. The second-order valence-electron chi connectivity index (χ2n) is 3.74. The van der Waals surface area contributed by atoms with E-state index >= 15 is 0 Å². The molecule has 16 heavy (non-hydrogen) atoms. The number of hydrogen-bond acceptors (Lipinski definition) is 4. The molecule has 0 aromatic heterocycles. The molecule has 1 aromatic carbocycles. The van der Waals surface area contributed by atoms with Crippen LogP contribution in [0.25, 0.3) is 0 Å². The smallest absolute Gasteiger partial charge is 0.261 e. The van der Waals surface area contributed by atoms with Crippen molar-refractivity contribution >= 4 is 10.3 Å². The van der Waals surface area contributed by atoms with Crippen molar-refractivity contribution in [1.82, 2.24) is 10.3 Å². The highest BCUT2D eigenvalue weighted by atomic mass is 32.2. The van der Waals surface area contributed by atoms with Gasteiger partial charge in [-0.05, 0) is 24.0 Å². The third kappa shape index (κ3) is 2.59. The van der Waals surface area contributed by atoms with E-state index in [1.807, 2.05) is 12.1 Å². The zero-order chi connectivity index (χ0) is 11.6. The Morgan fingerprint density at radius 1 is 1.25 bits per heavy atom. The molecule has 88 valence electrons. The molecule has 6 heteroatoms. The van der Waals surface area contributed by atoms with Gasteiger partial charge in [-0.2, -0.15) is 8.42 Å². The summed E-state index contributed by atoms with van der Waals surface area (Å²) >= 11 is 0. The van der Waals surface area contributed by atoms with Crippen LogP contribution in [0.4, 0.5) is 0 Å². The van der Waals surface area contributed by atoms with Crippen LogP contribution in [0, 0.1) is 0 Å². The van der Waals surface area contributed by atoms with Crippen molar-refractivity contribution in [2.45, 2.75) is 18.9 Å². The molecule has 1 aliphatic rings. The third-order valence-electron chi connectivity index (χ3n) is 2.66. The minimum absolute atomic E-state index is 0.0855. The molecule has 0 saturated heterocycles. The van der Waals surface area contributed by atoms with Gasteiger partial charge < -0.3 is 0 Å². The van der Waals surface area contributed by atoms with Crippen LogP contribution in [-0.4, -0.2) is 21.6 Å². The summed E-state index contributed by atoms with van der Waals surface area (Å²) in [5.74, 6) is 0. The summed E-state index contributed by atoms with van der Waals surface area (Å²) in [5, 5.41) is 0. The largest absolute Gasteiger partial charge is 0.348 e. The molecule has 0 amide bonds. The molecule has 0 atom stereocenters. The number of fused-ring (bicyclic) bond motifs is 1. The van der Waals surface area contributed by atoms with E-state index in [1.165, 1.54) is 11.1 Å². The fourth-order valence-corrected chi connectivity index (χ4v) is 2.25. The van der Waals surface area contributed by atoms with Crippen molar-refractivity contribution in [2.24, 2.45) is 0 Å². The van der Waals surface area contributed by atoms with E-state index in [2.05, 4.69) is 26.6 Å². The van der Waals surface area contributed by atoms with Gasteiger partial charge in [0.2, 0.25) is 0 Å². The Morgan fingerprint density at radius 2 is 1.81 bits per heavy atom. The molecule has 2 rings (SSSR count). The first-order chi connectivity index (χ1) is 7.61. The van der Waals surface area contributed by atoms with E-state index in [-0.39, 0.29) is 6.04 Å². The molecular weight excluding hydrogens is 228 g/mol. The van der Waals surface area contributed by atoms with Crippen LogP contribution in [0.5, 0.6) is 0 Å².